The summed E-state index contributed by atoms with van der Waals surface area (Å²) in [5.74, 6) is -0.214. The van der Waals surface area contributed by atoms with Crippen molar-refractivity contribution in [3.8, 4) is 23.0 Å². The van der Waals surface area contributed by atoms with E-state index < -0.39 is 12.3 Å². The molecule has 0 bridgehead atoms. The van der Waals surface area contributed by atoms with Crippen molar-refractivity contribution in [3.63, 3.8) is 0 Å². The van der Waals surface area contributed by atoms with Crippen LogP contribution in [0.4, 0.5) is 8.78 Å². The van der Waals surface area contributed by atoms with Crippen LogP contribution in [0.1, 0.15) is 17.9 Å². The number of aromatic nitrogens is 7. The van der Waals surface area contributed by atoms with Crippen molar-refractivity contribution < 1.29 is 13.2 Å². The summed E-state index contributed by atoms with van der Waals surface area (Å²) in [5.41, 5.74) is 2.08. The minimum Gasteiger partial charge on any atom is -0.415 e. The van der Waals surface area contributed by atoms with Crippen molar-refractivity contribution >= 4 is 0 Å². The van der Waals surface area contributed by atoms with Crippen molar-refractivity contribution in [2.24, 2.45) is 0 Å². The standard InChI is InChI=1S/C16H11F2N7O/c17-13(18)16-22-21-15(26-16)11-6-4-10(5-7-11)9-25-23-14(20-24-25)12-3-1-2-8-19-12/h1-8,13H,9H2. The number of hydrogen-bond acceptors (Lipinski definition) is 7. The zero-order valence-corrected chi connectivity index (χ0v) is 13.2. The summed E-state index contributed by atoms with van der Waals surface area (Å²) in [5, 5.41) is 19.2. The highest BCUT2D eigenvalue weighted by Crippen LogP contribution is 2.23. The maximum absolute atomic E-state index is 12.5. The van der Waals surface area contributed by atoms with E-state index in [1.54, 1.807) is 36.5 Å². The molecular formula is C16H11F2N7O. The summed E-state index contributed by atoms with van der Waals surface area (Å²) >= 11 is 0. The number of benzene rings is 1. The molecule has 0 saturated carbocycles. The molecule has 0 unspecified atom stereocenters. The first-order chi connectivity index (χ1) is 12.7. The molecule has 0 aliphatic carbocycles. The molecule has 0 fully saturated rings. The number of halogens is 2. The van der Waals surface area contributed by atoms with E-state index in [4.69, 9.17) is 4.42 Å². The average molecular weight is 355 g/mol. The third-order valence-corrected chi connectivity index (χ3v) is 3.50. The Kier molecular flexibility index (Phi) is 4.14. The van der Waals surface area contributed by atoms with E-state index in [0.29, 0.717) is 23.6 Å². The van der Waals surface area contributed by atoms with Gasteiger partial charge >= 0.3 is 6.43 Å². The Morgan fingerprint density at radius 3 is 2.54 bits per heavy atom. The minimum absolute atomic E-state index is 0.0446. The van der Waals surface area contributed by atoms with Gasteiger partial charge in [-0.05, 0) is 35.0 Å². The smallest absolute Gasteiger partial charge is 0.314 e. The minimum atomic E-state index is -2.79. The Morgan fingerprint density at radius 2 is 1.85 bits per heavy atom. The van der Waals surface area contributed by atoms with Crippen molar-refractivity contribution in [2.45, 2.75) is 13.0 Å². The SMILES string of the molecule is FC(F)c1nnc(-c2ccc(Cn3nnc(-c4ccccn4)n3)cc2)o1. The summed E-state index contributed by atoms with van der Waals surface area (Å²) in [4.78, 5) is 5.62. The second kappa shape index (κ2) is 6.75. The van der Waals surface area contributed by atoms with Gasteiger partial charge < -0.3 is 4.42 Å². The van der Waals surface area contributed by atoms with E-state index in [1.165, 1.54) is 4.80 Å². The lowest BCUT2D eigenvalue weighted by atomic mass is 10.1. The van der Waals surface area contributed by atoms with E-state index in [2.05, 4.69) is 30.6 Å². The fourth-order valence-corrected chi connectivity index (χ4v) is 2.26. The van der Waals surface area contributed by atoms with Crippen LogP contribution in [0.15, 0.2) is 53.1 Å². The van der Waals surface area contributed by atoms with Crippen LogP contribution in [0.5, 0.6) is 0 Å². The molecule has 130 valence electrons. The molecule has 0 aliphatic rings. The number of pyridine rings is 1. The maximum Gasteiger partial charge on any atom is 0.314 e. The number of rotatable bonds is 5. The molecule has 0 N–H and O–H groups in total. The monoisotopic (exact) mass is 355 g/mol. The van der Waals surface area contributed by atoms with Crippen molar-refractivity contribution in [1.29, 1.82) is 0 Å². The molecule has 0 radical (unpaired) electrons. The lowest BCUT2D eigenvalue weighted by molar-refractivity contribution is 0.116. The summed E-state index contributed by atoms with van der Waals surface area (Å²) < 4.78 is 29.9. The Bertz CT molecular complexity index is 999. The quantitative estimate of drug-likeness (QED) is 0.543. The largest absolute Gasteiger partial charge is 0.415 e. The molecule has 3 heterocycles. The Labute approximate surface area is 145 Å². The fourth-order valence-electron chi connectivity index (χ4n) is 2.26. The lowest BCUT2D eigenvalue weighted by Gasteiger charge is -2.01. The highest BCUT2D eigenvalue weighted by molar-refractivity contribution is 5.53. The first-order valence-electron chi connectivity index (χ1n) is 7.59. The second-order valence-corrected chi connectivity index (χ2v) is 5.30. The van der Waals surface area contributed by atoms with Gasteiger partial charge in [0.25, 0.3) is 5.89 Å². The molecule has 0 amide bonds. The first kappa shape index (κ1) is 15.9. The predicted octanol–water partition coefficient (Wildman–Crippen LogP) is 2.77. The van der Waals surface area contributed by atoms with Crippen LogP contribution < -0.4 is 0 Å². The molecular weight excluding hydrogens is 344 g/mol. The molecule has 26 heavy (non-hydrogen) atoms. The average Bonchev–Trinajstić information content (AvgIpc) is 3.33. The van der Waals surface area contributed by atoms with Gasteiger partial charge in [0, 0.05) is 11.8 Å². The summed E-state index contributed by atoms with van der Waals surface area (Å²) in [7, 11) is 0. The number of alkyl halides is 2. The van der Waals surface area contributed by atoms with Gasteiger partial charge in [0.2, 0.25) is 11.7 Å². The zero-order valence-electron chi connectivity index (χ0n) is 13.2. The van der Waals surface area contributed by atoms with Gasteiger partial charge in [-0.2, -0.15) is 13.6 Å². The van der Waals surface area contributed by atoms with Gasteiger partial charge in [-0.3, -0.25) is 4.98 Å². The normalized spacial score (nSPS) is 11.2. The van der Waals surface area contributed by atoms with Crippen molar-refractivity contribution in [3.05, 3.63) is 60.1 Å². The summed E-state index contributed by atoms with van der Waals surface area (Å²) in [6.07, 6.45) is -1.13. The van der Waals surface area contributed by atoms with Crippen LogP contribution in [-0.4, -0.2) is 35.4 Å². The van der Waals surface area contributed by atoms with E-state index in [9.17, 15) is 8.78 Å². The van der Waals surface area contributed by atoms with Crippen LogP contribution in [0, 0.1) is 0 Å². The van der Waals surface area contributed by atoms with Gasteiger partial charge in [0.15, 0.2) is 0 Å². The maximum atomic E-state index is 12.5. The molecule has 8 nitrogen and oxygen atoms in total. The first-order valence-corrected chi connectivity index (χ1v) is 7.59. The van der Waals surface area contributed by atoms with Crippen molar-refractivity contribution in [1.82, 2.24) is 35.4 Å². The Hall–Kier alpha value is -3.56. The molecule has 3 aromatic heterocycles. The molecule has 0 atom stereocenters. The van der Waals surface area contributed by atoms with Gasteiger partial charge in [-0.1, -0.05) is 18.2 Å². The molecule has 0 spiro atoms. The molecule has 10 heteroatoms. The van der Waals surface area contributed by atoms with E-state index in [-0.39, 0.29) is 5.89 Å². The van der Waals surface area contributed by atoms with Crippen LogP contribution in [-0.2, 0) is 6.54 Å². The second-order valence-electron chi connectivity index (χ2n) is 5.30. The highest BCUT2D eigenvalue weighted by Gasteiger charge is 2.17. The van der Waals surface area contributed by atoms with Crippen LogP contribution in [0.25, 0.3) is 23.0 Å². The van der Waals surface area contributed by atoms with Crippen molar-refractivity contribution in [2.75, 3.05) is 0 Å². The summed E-state index contributed by atoms with van der Waals surface area (Å²) in [6, 6.07) is 12.5. The fraction of sp³-hybridized carbons (Fsp3) is 0.125. The summed E-state index contributed by atoms with van der Waals surface area (Å²) in [6.45, 7) is 0.395. The molecule has 4 rings (SSSR count). The van der Waals surface area contributed by atoms with Crippen LogP contribution in [0.2, 0.25) is 0 Å². The third-order valence-electron chi connectivity index (χ3n) is 3.50. The van der Waals surface area contributed by atoms with Gasteiger partial charge in [0.1, 0.15) is 5.69 Å². The van der Waals surface area contributed by atoms with E-state index in [0.717, 1.165) is 5.56 Å². The van der Waals surface area contributed by atoms with Crippen LogP contribution >= 0.6 is 0 Å². The third kappa shape index (κ3) is 3.29. The van der Waals surface area contributed by atoms with Crippen LogP contribution in [0.3, 0.4) is 0 Å². The van der Waals surface area contributed by atoms with E-state index in [1.807, 2.05) is 12.1 Å². The predicted molar refractivity (Wildman–Crippen MR) is 84.8 cm³/mol. The number of nitrogens with zero attached hydrogens (tertiary/aromatic N) is 7. The van der Waals surface area contributed by atoms with Gasteiger partial charge in [-0.25, -0.2) is 0 Å². The molecule has 1 aromatic carbocycles. The van der Waals surface area contributed by atoms with Gasteiger partial charge in [-0.15, -0.1) is 20.4 Å². The molecule has 0 saturated heterocycles. The molecule has 0 aliphatic heterocycles. The Balaban J connectivity index is 1.48. The van der Waals surface area contributed by atoms with E-state index >= 15 is 0 Å². The number of hydrogen-bond donors (Lipinski definition) is 0. The lowest BCUT2D eigenvalue weighted by Crippen LogP contribution is -2.04. The number of tetrazole rings is 1. The highest BCUT2D eigenvalue weighted by atomic mass is 19.3. The zero-order chi connectivity index (χ0) is 17.9. The van der Waals surface area contributed by atoms with Gasteiger partial charge in [0.05, 0.1) is 6.54 Å². The Morgan fingerprint density at radius 1 is 1.00 bits per heavy atom. The topological polar surface area (TPSA) is 95.4 Å². The molecule has 4 aromatic rings.